The predicted molar refractivity (Wildman–Crippen MR) is 363 cm³/mol. The zero-order chi connectivity index (χ0) is 66.3. The summed E-state index contributed by atoms with van der Waals surface area (Å²) in [4.78, 5) is 72.6. The molecule has 0 spiro atoms. The Labute approximate surface area is 549 Å². The molecule has 0 aliphatic heterocycles. The fraction of sp³-hybridized carbons (Fsp3) is 0.944. The Morgan fingerprint density at radius 2 is 0.511 bits per heavy atom. The molecule has 534 valence electrons. The van der Waals surface area contributed by atoms with Gasteiger partial charge in [-0.15, -0.1) is 0 Å². The molecule has 0 radical (unpaired) electrons. The van der Waals surface area contributed by atoms with Crippen LogP contribution in [-0.4, -0.2) is 96.7 Å². The highest BCUT2D eigenvalue weighted by atomic mass is 31.2. The van der Waals surface area contributed by atoms with Crippen LogP contribution in [0.5, 0.6) is 0 Å². The van der Waals surface area contributed by atoms with Gasteiger partial charge in [0.1, 0.15) is 19.3 Å². The van der Waals surface area contributed by atoms with Crippen molar-refractivity contribution in [3.63, 3.8) is 0 Å². The zero-order valence-corrected chi connectivity index (χ0v) is 60.1. The van der Waals surface area contributed by atoms with E-state index in [2.05, 4.69) is 34.6 Å². The molecule has 0 aliphatic carbocycles. The highest BCUT2D eigenvalue weighted by Gasteiger charge is 2.30. The van der Waals surface area contributed by atoms with Gasteiger partial charge < -0.3 is 33.8 Å². The lowest BCUT2D eigenvalue weighted by atomic mass is 10.0. The Hall–Kier alpha value is -1.94. The molecule has 0 aromatic rings. The van der Waals surface area contributed by atoms with Gasteiger partial charge in [-0.3, -0.25) is 37.3 Å². The number of hydrogen-bond acceptors (Lipinski definition) is 15. The van der Waals surface area contributed by atoms with Gasteiger partial charge in [-0.05, 0) is 31.6 Å². The Morgan fingerprint density at radius 3 is 0.756 bits per heavy atom. The summed E-state index contributed by atoms with van der Waals surface area (Å²) in [6, 6.07) is 0. The second-order valence-electron chi connectivity index (χ2n) is 26.1. The van der Waals surface area contributed by atoms with E-state index < -0.39 is 97.5 Å². The quantitative estimate of drug-likeness (QED) is 0.0222. The van der Waals surface area contributed by atoms with Crippen LogP contribution in [0.3, 0.4) is 0 Å². The van der Waals surface area contributed by atoms with Crippen LogP contribution in [0.15, 0.2) is 0 Å². The molecule has 0 aliphatic rings. The molecule has 0 saturated heterocycles. The molecule has 0 amide bonds. The van der Waals surface area contributed by atoms with Crippen molar-refractivity contribution in [1.82, 2.24) is 0 Å². The van der Waals surface area contributed by atoms with Gasteiger partial charge in [0.25, 0.3) is 0 Å². The first kappa shape index (κ1) is 88.1. The summed E-state index contributed by atoms with van der Waals surface area (Å²) < 4.78 is 68.3. The maximum Gasteiger partial charge on any atom is 0.472 e. The number of carbonyl (C=O) groups is 4. The van der Waals surface area contributed by atoms with Crippen LogP contribution < -0.4 is 0 Å². The van der Waals surface area contributed by atoms with Crippen molar-refractivity contribution in [2.45, 2.75) is 387 Å². The third kappa shape index (κ3) is 64.8. The number of hydrogen-bond donors (Lipinski definition) is 3. The number of esters is 4. The highest BCUT2D eigenvalue weighted by molar-refractivity contribution is 7.47. The smallest absolute Gasteiger partial charge is 0.462 e. The molecule has 0 saturated carbocycles. The van der Waals surface area contributed by atoms with Crippen LogP contribution in [0.2, 0.25) is 0 Å². The van der Waals surface area contributed by atoms with E-state index in [0.717, 1.165) is 95.8 Å². The van der Waals surface area contributed by atoms with Gasteiger partial charge in [0.2, 0.25) is 0 Å². The molecule has 90 heavy (non-hydrogen) atoms. The SMILES string of the molecule is CCCCCCCCCCCCCCCCCC(=O)O[C@H](COC(=O)CCCCCCCCCCCC(C)C)COP(=O)(O)OC[C@@H](O)COP(=O)(O)OC[C@@H](COC(=O)CCCCCCCCCCCCC)OC(=O)CCCCCCCCCCCCCC. The summed E-state index contributed by atoms with van der Waals surface area (Å²) >= 11 is 0. The Kier molecular flexibility index (Phi) is 63.0. The minimum Gasteiger partial charge on any atom is -0.462 e. The van der Waals surface area contributed by atoms with Crippen molar-refractivity contribution < 1.29 is 80.2 Å². The number of carbonyl (C=O) groups excluding carboxylic acids is 4. The highest BCUT2D eigenvalue weighted by Crippen LogP contribution is 2.45. The largest absolute Gasteiger partial charge is 0.472 e. The fourth-order valence-electron chi connectivity index (χ4n) is 10.8. The van der Waals surface area contributed by atoms with Gasteiger partial charge in [0, 0.05) is 25.7 Å². The van der Waals surface area contributed by atoms with Crippen molar-refractivity contribution >= 4 is 39.5 Å². The molecule has 17 nitrogen and oxygen atoms in total. The Balaban J connectivity index is 5.25. The molecule has 2 unspecified atom stereocenters. The van der Waals surface area contributed by atoms with Gasteiger partial charge >= 0.3 is 39.5 Å². The number of rotatable bonds is 71. The summed E-state index contributed by atoms with van der Waals surface area (Å²) in [7, 11) is -9.90. The number of unbranched alkanes of at least 4 members (excludes halogenated alkanes) is 43. The lowest BCUT2D eigenvalue weighted by Gasteiger charge is -2.21. The molecular formula is C71H138O17P2. The Morgan fingerprint density at radius 1 is 0.300 bits per heavy atom. The van der Waals surface area contributed by atoms with E-state index >= 15 is 0 Å². The number of aliphatic hydroxyl groups is 1. The van der Waals surface area contributed by atoms with Crippen molar-refractivity contribution in [3.05, 3.63) is 0 Å². The summed E-state index contributed by atoms with van der Waals surface area (Å²) in [5.74, 6) is -1.37. The van der Waals surface area contributed by atoms with Crippen molar-refractivity contribution in [1.29, 1.82) is 0 Å². The first-order valence-corrected chi connectivity index (χ1v) is 40.1. The molecule has 19 heteroatoms. The zero-order valence-electron chi connectivity index (χ0n) is 58.3. The molecule has 0 rings (SSSR count). The van der Waals surface area contributed by atoms with E-state index in [1.165, 1.54) is 193 Å². The van der Waals surface area contributed by atoms with Gasteiger partial charge in [-0.1, -0.05) is 317 Å². The minimum absolute atomic E-state index is 0.108. The van der Waals surface area contributed by atoms with Gasteiger partial charge in [0.05, 0.1) is 26.4 Å². The van der Waals surface area contributed by atoms with Crippen molar-refractivity contribution in [2.24, 2.45) is 5.92 Å². The normalized spacial score (nSPS) is 14.1. The van der Waals surface area contributed by atoms with E-state index in [1.54, 1.807) is 0 Å². The summed E-state index contributed by atoms with van der Waals surface area (Å²) in [6.45, 7) is 7.24. The topological polar surface area (TPSA) is 237 Å². The van der Waals surface area contributed by atoms with Crippen LogP contribution in [0.1, 0.15) is 369 Å². The van der Waals surface area contributed by atoms with Crippen LogP contribution >= 0.6 is 15.6 Å². The molecule has 0 heterocycles. The molecule has 0 fully saturated rings. The van der Waals surface area contributed by atoms with E-state index in [-0.39, 0.29) is 25.7 Å². The molecule has 3 N–H and O–H groups in total. The third-order valence-electron chi connectivity index (χ3n) is 16.5. The average molecular weight is 1330 g/mol. The molecular weight excluding hydrogens is 1190 g/mol. The van der Waals surface area contributed by atoms with E-state index in [4.69, 9.17) is 37.0 Å². The van der Waals surface area contributed by atoms with E-state index in [9.17, 15) is 43.2 Å². The first-order chi connectivity index (χ1) is 43.5. The number of aliphatic hydroxyl groups excluding tert-OH is 1. The molecule has 5 atom stereocenters. The predicted octanol–water partition coefficient (Wildman–Crippen LogP) is 20.5. The minimum atomic E-state index is -4.95. The van der Waals surface area contributed by atoms with E-state index in [0.29, 0.717) is 25.7 Å². The first-order valence-electron chi connectivity index (χ1n) is 37.1. The summed E-state index contributed by atoms with van der Waals surface area (Å²) in [5.41, 5.74) is 0. The third-order valence-corrected chi connectivity index (χ3v) is 18.4. The standard InChI is InChI=1S/C71H138O17P2/c1-6-9-12-15-18-21-24-26-27-28-31-36-42-47-52-57-71(76)88-67(61-82-69(74)55-50-45-40-37-32-33-38-43-48-53-64(4)5)63-86-90(79,80)84-59-65(72)58-83-89(77,78)85-62-66(60-81-68(73)54-49-44-39-34-29-23-20-17-14-11-8-3)87-70(75)56-51-46-41-35-30-25-22-19-16-13-10-7-2/h64-67,72H,6-63H2,1-5H3,(H,77,78)(H,79,80)/t65-,66+,67+/m0/s1. The van der Waals surface area contributed by atoms with Crippen LogP contribution in [0.25, 0.3) is 0 Å². The monoisotopic (exact) mass is 1320 g/mol. The molecule has 0 aromatic heterocycles. The lowest BCUT2D eigenvalue weighted by molar-refractivity contribution is -0.161. The second-order valence-corrected chi connectivity index (χ2v) is 29.0. The van der Waals surface area contributed by atoms with Gasteiger partial charge in [0.15, 0.2) is 12.2 Å². The summed E-state index contributed by atoms with van der Waals surface area (Å²) in [6.07, 6.45) is 51.1. The lowest BCUT2D eigenvalue weighted by Crippen LogP contribution is -2.30. The fourth-order valence-corrected chi connectivity index (χ4v) is 12.4. The van der Waals surface area contributed by atoms with Crippen LogP contribution in [0.4, 0.5) is 0 Å². The van der Waals surface area contributed by atoms with Gasteiger partial charge in [-0.2, -0.15) is 0 Å². The van der Waals surface area contributed by atoms with Crippen LogP contribution in [0, 0.1) is 5.92 Å². The molecule has 0 aromatic carbocycles. The van der Waals surface area contributed by atoms with Crippen LogP contribution in [-0.2, 0) is 65.4 Å². The Bertz CT molecular complexity index is 1740. The maximum absolute atomic E-state index is 13.0. The van der Waals surface area contributed by atoms with Crippen molar-refractivity contribution in [2.75, 3.05) is 39.6 Å². The maximum atomic E-state index is 13.0. The summed E-state index contributed by atoms with van der Waals surface area (Å²) in [5, 5.41) is 10.6. The number of phosphoric ester groups is 2. The molecule has 0 bridgehead atoms. The van der Waals surface area contributed by atoms with Gasteiger partial charge in [-0.25, -0.2) is 9.13 Å². The van der Waals surface area contributed by atoms with E-state index in [1.807, 2.05) is 0 Å². The number of ether oxygens (including phenoxy) is 4. The average Bonchev–Trinajstić information content (AvgIpc) is 2.46. The number of phosphoric acid groups is 2. The van der Waals surface area contributed by atoms with Crippen molar-refractivity contribution in [3.8, 4) is 0 Å². The second kappa shape index (κ2) is 64.4.